The molecule has 1 aliphatic carbocycles. The Labute approximate surface area is 118 Å². The van der Waals surface area contributed by atoms with Gasteiger partial charge in [-0.3, -0.25) is 4.98 Å². The van der Waals surface area contributed by atoms with Crippen LogP contribution in [0.5, 0.6) is 0 Å². The number of benzene rings is 1. The van der Waals surface area contributed by atoms with E-state index in [1.807, 2.05) is 6.20 Å². The fourth-order valence-electron chi connectivity index (χ4n) is 3.26. The van der Waals surface area contributed by atoms with Crippen molar-refractivity contribution in [2.24, 2.45) is 0 Å². The maximum atomic E-state index is 4.85. The highest BCUT2D eigenvalue weighted by molar-refractivity contribution is 5.89. The monoisotopic (exact) mass is 263 g/mol. The zero-order valence-corrected chi connectivity index (χ0v) is 11.6. The Kier molecular flexibility index (Phi) is 2.59. The Morgan fingerprint density at radius 1 is 1.20 bits per heavy atom. The lowest BCUT2D eigenvalue weighted by atomic mass is 10.1. The predicted molar refractivity (Wildman–Crippen MR) is 80.3 cm³/mol. The normalized spacial score (nSPS) is 13.8. The van der Waals surface area contributed by atoms with Crippen LogP contribution in [0, 0.1) is 0 Å². The molecule has 0 atom stereocenters. The molecular formula is C17H17N3. The van der Waals surface area contributed by atoms with Crippen molar-refractivity contribution in [1.82, 2.24) is 14.5 Å². The highest BCUT2D eigenvalue weighted by Gasteiger charge is 2.21. The van der Waals surface area contributed by atoms with Crippen LogP contribution >= 0.6 is 0 Å². The highest BCUT2D eigenvalue weighted by atomic mass is 15.1. The molecule has 0 spiro atoms. The van der Waals surface area contributed by atoms with E-state index in [-0.39, 0.29) is 0 Å². The van der Waals surface area contributed by atoms with Gasteiger partial charge >= 0.3 is 0 Å². The molecule has 100 valence electrons. The first-order valence-corrected chi connectivity index (χ1v) is 7.31. The summed E-state index contributed by atoms with van der Waals surface area (Å²) in [6.07, 6.45) is 8.36. The fraction of sp³-hybridized carbons (Fsp3) is 0.294. The fourth-order valence-corrected chi connectivity index (χ4v) is 3.26. The van der Waals surface area contributed by atoms with Crippen molar-refractivity contribution in [3.05, 3.63) is 53.7 Å². The first kappa shape index (κ1) is 11.6. The van der Waals surface area contributed by atoms with Crippen LogP contribution in [-0.2, 0) is 19.3 Å². The molecule has 3 heteroatoms. The Morgan fingerprint density at radius 2 is 2.10 bits per heavy atom. The summed E-state index contributed by atoms with van der Waals surface area (Å²) in [6.45, 7) is 2.16. The van der Waals surface area contributed by atoms with Crippen molar-refractivity contribution >= 4 is 10.9 Å². The first-order valence-electron chi connectivity index (χ1n) is 7.31. The first-order chi connectivity index (χ1) is 9.88. The summed E-state index contributed by atoms with van der Waals surface area (Å²) in [4.78, 5) is 9.33. The van der Waals surface area contributed by atoms with E-state index in [2.05, 4.69) is 46.9 Å². The number of hydrogen-bond acceptors (Lipinski definition) is 2. The van der Waals surface area contributed by atoms with Crippen molar-refractivity contribution < 1.29 is 0 Å². The average molecular weight is 263 g/mol. The molecule has 3 nitrogen and oxygen atoms in total. The summed E-state index contributed by atoms with van der Waals surface area (Å²) >= 11 is 0. The molecule has 0 bridgehead atoms. The van der Waals surface area contributed by atoms with Crippen LogP contribution in [0.15, 0.2) is 36.7 Å². The number of aryl methyl sites for hydroxylation is 2. The molecule has 0 fully saturated rings. The van der Waals surface area contributed by atoms with Gasteiger partial charge in [-0.1, -0.05) is 25.1 Å². The number of para-hydroxylation sites is 1. The van der Waals surface area contributed by atoms with Crippen molar-refractivity contribution in [2.45, 2.75) is 32.6 Å². The third-order valence-corrected chi connectivity index (χ3v) is 4.16. The van der Waals surface area contributed by atoms with Gasteiger partial charge in [0.05, 0.1) is 11.2 Å². The van der Waals surface area contributed by atoms with Crippen LogP contribution in [-0.4, -0.2) is 14.5 Å². The van der Waals surface area contributed by atoms with Crippen molar-refractivity contribution in [3.63, 3.8) is 0 Å². The van der Waals surface area contributed by atoms with E-state index in [0.717, 1.165) is 30.6 Å². The third-order valence-electron chi connectivity index (χ3n) is 4.16. The standard InChI is InChI=1S/C17H17N3/c1-2-16-18-10-11-20(16)17-12-6-3-4-8-14(12)19-15-9-5-7-13(15)17/h3-4,6,8,10-11H,2,5,7,9H2,1H3. The predicted octanol–water partition coefficient (Wildman–Crippen LogP) is 3.47. The van der Waals surface area contributed by atoms with Crippen molar-refractivity contribution in [2.75, 3.05) is 0 Å². The minimum Gasteiger partial charge on any atom is -0.303 e. The summed E-state index contributed by atoms with van der Waals surface area (Å²) in [5, 5.41) is 1.24. The number of rotatable bonds is 2. The molecule has 3 aromatic rings. The van der Waals surface area contributed by atoms with Crippen LogP contribution in [0.2, 0.25) is 0 Å². The number of nitrogens with zero attached hydrogens (tertiary/aromatic N) is 3. The summed E-state index contributed by atoms with van der Waals surface area (Å²) in [5.74, 6) is 1.12. The summed E-state index contributed by atoms with van der Waals surface area (Å²) in [6, 6.07) is 8.45. The Bertz CT molecular complexity index is 786. The van der Waals surface area contributed by atoms with Gasteiger partial charge in [-0.15, -0.1) is 0 Å². The van der Waals surface area contributed by atoms with Gasteiger partial charge in [0.2, 0.25) is 0 Å². The van der Waals surface area contributed by atoms with Crippen LogP contribution in [0.1, 0.15) is 30.4 Å². The average Bonchev–Trinajstić information content (AvgIpc) is 3.13. The summed E-state index contributed by atoms with van der Waals surface area (Å²) in [7, 11) is 0. The lowest BCUT2D eigenvalue weighted by Gasteiger charge is -2.15. The van der Waals surface area contributed by atoms with E-state index in [1.54, 1.807) is 0 Å². The lowest BCUT2D eigenvalue weighted by molar-refractivity contribution is 0.874. The Morgan fingerprint density at radius 3 is 3.00 bits per heavy atom. The molecule has 1 aliphatic rings. The smallest absolute Gasteiger partial charge is 0.112 e. The van der Waals surface area contributed by atoms with E-state index < -0.39 is 0 Å². The lowest BCUT2D eigenvalue weighted by Crippen LogP contribution is -2.05. The molecular weight excluding hydrogens is 246 g/mol. The van der Waals surface area contributed by atoms with Gasteiger partial charge < -0.3 is 4.57 Å². The maximum Gasteiger partial charge on any atom is 0.112 e. The molecule has 0 unspecified atom stereocenters. The molecule has 0 amide bonds. The number of aromatic nitrogens is 3. The molecule has 0 radical (unpaired) electrons. The second kappa shape index (κ2) is 4.44. The highest BCUT2D eigenvalue weighted by Crippen LogP contribution is 2.33. The molecule has 0 saturated heterocycles. The maximum absolute atomic E-state index is 4.85. The van der Waals surface area contributed by atoms with Gasteiger partial charge in [0.1, 0.15) is 5.82 Å². The largest absolute Gasteiger partial charge is 0.303 e. The molecule has 20 heavy (non-hydrogen) atoms. The van der Waals surface area contributed by atoms with E-state index in [0.29, 0.717) is 0 Å². The minimum absolute atomic E-state index is 0.943. The zero-order chi connectivity index (χ0) is 13.5. The molecule has 0 N–H and O–H groups in total. The summed E-state index contributed by atoms with van der Waals surface area (Å²) in [5.41, 5.74) is 5.09. The van der Waals surface area contributed by atoms with Crippen molar-refractivity contribution in [1.29, 1.82) is 0 Å². The summed E-state index contributed by atoms with van der Waals surface area (Å²) < 4.78 is 2.26. The molecule has 2 heterocycles. The van der Waals surface area contributed by atoms with Crippen molar-refractivity contribution in [3.8, 4) is 5.69 Å². The van der Waals surface area contributed by atoms with Crippen LogP contribution in [0.3, 0.4) is 0 Å². The molecule has 1 aromatic carbocycles. The number of imidazole rings is 1. The number of fused-ring (bicyclic) bond motifs is 2. The number of hydrogen-bond donors (Lipinski definition) is 0. The number of pyridine rings is 1. The third kappa shape index (κ3) is 1.59. The van der Waals surface area contributed by atoms with E-state index in [9.17, 15) is 0 Å². The van der Waals surface area contributed by atoms with Gasteiger partial charge in [0.15, 0.2) is 0 Å². The van der Waals surface area contributed by atoms with Gasteiger partial charge in [-0.05, 0) is 30.9 Å². The molecule has 0 aliphatic heterocycles. The van der Waals surface area contributed by atoms with Crippen LogP contribution < -0.4 is 0 Å². The van der Waals surface area contributed by atoms with Gasteiger partial charge in [-0.25, -0.2) is 4.98 Å². The van der Waals surface area contributed by atoms with Crippen LogP contribution in [0.4, 0.5) is 0 Å². The second-order valence-electron chi connectivity index (χ2n) is 5.32. The SMILES string of the molecule is CCc1nccn1-c1c2c(nc3ccccc13)CCC2. The Hall–Kier alpha value is -2.16. The minimum atomic E-state index is 0.943. The van der Waals surface area contributed by atoms with Crippen LogP contribution in [0.25, 0.3) is 16.6 Å². The Balaban J connectivity index is 2.12. The molecule has 4 rings (SSSR count). The topological polar surface area (TPSA) is 30.7 Å². The quantitative estimate of drug-likeness (QED) is 0.708. The van der Waals surface area contributed by atoms with Gasteiger partial charge in [0, 0.05) is 29.9 Å². The molecule has 0 saturated carbocycles. The van der Waals surface area contributed by atoms with E-state index in [1.165, 1.54) is 28.8 Å². The van der Waals surface area contributed by atoms with E-state index in [4.69, 9.17) is 4.98 Å². The van der Waals surface area contributed by atoms with Gasteiger partial charge in [0.25, 0.3) is 0 Å². The van der Waals surface area contributed by atoms with Gasteiger partial charge in [-0.2, -0.15) is 0 Å². The van der Waals surface area contributed by atoms with E-state index >= 15 is 0 Å². The second-order valence-corrected chi connectivity index (χ2v) is 5.32. The zero-order valence-electron chi connectivity index (χ0n) is 11.6. The molecule has 2 aromatic heterocycles.